The van der Waals surface area contributed by atoms with E-state index in [0.29, 0.717) is 18.0 Å². The van der Waals surface area contributed by atoms with E-state index < -0.39 is 19.6 Å². The molecule has 4 aliphatic heterocycles. The van der Waals surface area contributed by atoms with Gasteiger partial charge in [0.2, 0.25) is 0 Å². The molecule has 0 radical (unpaired) electrons. The summed E-state index contributed by atoms with van der Waals surface area (Å²) >= 11 is 0. The van der Waals surface area contributed by atoms with Crippen LogP contribution < -0.4 is 59.4 Å². The van der Waals surface area contributed by atoms with E-state index in [1.54, 1.807) is 18.5 Å². The maximum Gasteiger partial charge on any atom is 0.409 e. The van der Waals surface area contributed by atoms with Gasteiger partial charge >= 0.3 is 27.4 Å². The SMILES string of the molecule is CB1c2ccccc2C=C(C)N1c1cc(C)cc[n+]1C.[2H]C(C)(C)c1cc[n+](C)c(N2B(C)c3ccccc3C=C2C)c1.[2H]C([2H])([2H])c1c[n+](C)c(N2B(C)c3ccccc3C=C2C)cc1C.[2H]C([2H])([2H])c1ccc(N2B(C)c3ccccc3C=C2C)[n+](C)c1. The van der Waals surface area contributed by atoms with Crippen LogP contribution in [0, 0.1) is 27.6 Å². The fourth-order valence-corrected chi connectivity index (χ4v) is 12.4. The number of fused-ring (bicyclic) bond motifs is 4. The van der Waals surface area contributed by atoms with E-state index in [0.717, 1.165) is 40.0 Å². The normalized spacial score (nSPS) is 15.8. The number of benzene rings is 4. The van der Waals surface area contributed by atoms with Crippen molar-refractivity contribution < 1.29 is 27.9 Å². The molecule has 0 N–H and O–H groups in total. The monoisotopic (exact) mass is 1100 g/mol. The van der Waals surface area contributed by atoms with Gasteiger partial charge in [-0.2, -0.15) is 0 Å². The highest BCUT2D eigenvalue weighted by molar-refractivity contribution is 6.79. The lowest BCUT2D eigenvalue weighted by atomic mass is 9.53. The Hall–Kier alpha value is -8.10. The highest BCUT2D eigenvalue weighted by Crippen LogP contribution is 2.29. The molecule has 12 heteroatoms. The first-order chi connectivity index (χ1) is 42.3. The molecule has 83 heavy (non-hydrogen) atoms. The second-order valence-electron chi connectivity index (χ2n) is 23.1. The summed E-state index contributed by atoms with van der Waals surface area (Å²) in [5, 5.41) is 0. The predicted octanol–water partition coefficient (Wildman–Crippen LogP) is 11.2. The molecule has 12 rings (SSSR count). The minimum atomic E-state index is -2.09. The standard InChI is InChI=1S/C19H24BN2.C18H22BN2.2C17H20BN2/c1-14(2)16-10-11-21(5)19(13-16)22-15(3)12-17-8-6-7-9-18(17)20(22)4;1-13-10-18(20(5)12-14(13)2)21-15(3)11-16-8-6-7-9-17(16)19(21)4;1-13-9-10-17(19(4)12-13)20-14(2)11-15-7-5-6-8-16(15)18(20)3;1-13-9-10-19(4)17(11-13)20-14(2)12-15-7-5-6-8-16(15)18(20)3/h6-14H,1-5H3;6-12H,1-5H3;2*5-12H,1-4H3/q4*+1/i14D;2D3;1D3;. The largest absolute Gasteiger partial charge is 0.409 e. The molecule has 0 spiro atoms. The van der Waals surface area contributed by atoms with Crippen molar-refractivity contribution >= 4 is 96.8 Å². The quantitative estimate of drug-likeness (QED) is 0.127. The fourth-order valence-electron chi connectivity index (χ4n) is 12.4. The van der Waals surface area contributed by atoms with Crippen molar-refractivity contribution in [2.75, 3.05) is 19.2 Å². The van der Waals surface area contributed by atoms with Gasteiger partial charge in [-0.1, -0.05) is 111 Å². The minimum absolute atomic E-state index is 0.190. The number of hydrogen-bond donors (Lipinski definition) is 0. The van der Waals surface area contributed by atoms with Gasteiger partial charge < -0.3 is 0 Å². The van der Waals surface area contributed by atoms with Crippen LogP contribution in [-0.2, 0) is 28.2 Å². The average molecular weight is 1100 g/mol. The molecule has 0 amide bonds. The summed E-state index contributed by atoms with van der Waals surface area (Å²) in [7, 11) is 7.97. The molecular formula is C71H86B4N8+4. The first-order valence-corrected chi connectivity index (χ1v) is 29.1. The second kappa shape index (κ2) is 25.2. The molecule has 418 valence electrons. The Morgan fingerprint density at radius 1 is 0.386 bits per heavy atom. The third-order valence-corrected chi connectivity index (χ3v) is 16.8. The van der Waals surface area contributed by atoms with Gasteiger partial charge in [0, 0.05) is 33.9 Å². The van der Waals surface area contributed by atoms with Crippen LogP contribution in [0.4, 0.5) is 23.3 Å². The summed E-state index contributed by atoms with van der Waals surface area (Å²) in [6.45, 7) is 22.1. The van der Waals surface area contributed by atoms with Crippen molar-refractivity contribution in [2.45, 2.75) is 102 Å². The summed E-state index contributed by atoms with van der Waals surface area (Å²) in [5.74, 6) is 3.74. The smallest absolute Gasteiger partial charge is 0.290 e. The first kappa shape index (κ1) is 50.6. The van der Waals surface area contributed by atoms with Crippen LogP contribution in [0.3, 0.4) is 0 Å². The molecule has 0 unspecified atom stereocenters. The molecule has 4 aromatic heterocycles. The molecule has 0 fully saturated rings. The number of aryl methyl sites for hydroxylation is 8. The molecule has 0 bridgehead atoms. The second-order valence-corrected chi connectivity index (χ2v) is 23.1. The van der Waals surface area contributed by atoms with E-state index in [1.807, 2.05) is 62.2 Å². The van der Waals surface area contributed by atoms with Crippen molar-refractivity contribution in [3.63, 3.8) is 0 Å². The lowest BCUT2D eigenvalue weighted by Gasteiger charge is -2.28. The van der Waals surface area contributed by atoms with Crippen LogP contribution in [0.1, 0.15) is 107 Å². The molecule has 8 nitrogen and oxygen atoms in total. The van der Waals surface area contributed by atoms with Gasteiger partial charge in [0.25, 0.3) is 23.3 Å². The molecular weight excluding hydrogens is 1010 g/mol. The van der Waals surface area contributed by atoms with Gasteiger partial charge in [0.15, 0.2) is 0 Å². The lowest BCUT2D eigenvalue weighted by molar-refractivity contribution is -0.658. The number of rotatable bonds is 5. The van der Waals surface area contributed by atoms with Crippen LogP contribution in [0.5, 0.6) is 0 Å². The Labute approximate surface area is 509 Å². The van der Waals surface area contributed by atoms with Gasteiger partial charge in [-0.05, 0) is 203 Å². The van der Waals surface area contributed by atoms with Gasteiger partial charge in [-0.25, -0.2) is 18.3 Å². The number of anilines is 4. The number of pyridine rings is 4. The molecule has 8 heterocycles. The van der Waals surface area contributed by atoms with Crippen LogP contribution in [0.25, 0.3) is 24.3 Å². The highest BCUT2D eigenvalue weighted by Gasteiger charge is 2.40. The summed E-state index contributed by atoms with van der Waals surface area (Å²) < 4.78 is 62.2. The molecule has 0 atom stereocenters. The Balaban J connectivity index is 0.000000143. The number of hydrogen-bond acceptors (Lipinski definition) is 4. The van der Waals surface area contributed by atoms with Gasteiger partial charge in [0.05, 0.1) is 75.8 Å². The van der Waals surface area contributed by atoms with Crippen LogP contribution >= 0.6 is 0 Å². The number of allylic oxidation sites excluding steroid dienone is 4. The van der Waals surface area contributed by atoms with Crippen molar-refractivity contribution in [3.8, 4) is 0 Å². The molecule has 0 aliphatic carbocycles. The van der Waals surface area contributed by atoms with E-state index in [-0.39, 0.29) is 20.5 Å². The molecule has 0 saturated heterocycles. The lowest BCUT2D eigenvalue weighted by Crippen LogP contribution is -2.53. The fraction of sp³-hybridized carbons (Fsp3) is 0.268. The third-order valence-electron chi connectivity index (χ3n) is 16.8. The zero-order chi connectivity index (χ0) is 65.5. The van der Waals surface area contributed by atoms with Crippen LogP contribution in [-0.4, -0.2) is 27.4 Å². The maximum atomic E-state index is 8.33. The molecule has 8 aromatic rings. The summed E-state index contributed by atoms with van der Waals surface area (Å²) in [6.07, 6.45) is 16.5. The van der Waals surface area contributed by atoms with Crippen molar-refractivity contribution in [3.05, 3.63) is 237 Å². The third kappa shape index (κ3) is 12.5. The average Bonchev–Trinajstić information content (AvgIpc) is 1.79. The van der Waals surface area contributed by atoms with Crippen molar-refractivity contribution in [1.82, 2.24) is 0 Å². The Morgan fingerprint density at radius 3 is 1.16 bits per heavy atom. The number of aromatic nitrogens is 4. The Kier molecular flexibility index (Phi) is 15.4. The molecule has 4 aliphatic rings. The van der Waals surface area contributed by atoms with Crippen LogP contribution in [0.2, 0.25) is 27.3 Å². The van der Waals surface area contributed by atoms with Gasteiger partial charge in [-0.3, -0.25) is 19.2 Å². The van der Waals surface area contributed by atoms with E-state index in [9.17, 15) is 0 Å². The Morgan fingerprint density at radius 2 is 0.759 bits per heavy atom. The van der Waals surface area contributed by atoms with E-state index >= 15 is 0 Å². The summed E-state index contributed by atoms with van der Waals surface area (Å²) in [5.41, 5.74) is 19.1. The minimum Gasteiger partial charge on any atom is -0.290 e. The van der Waals surface area contributed by atoms with Gasteiger partial charge in [0.1, 0.15) is 0 Å². The molecule has 4 aromatic carbocycles. The van der Waals surface area contributed by atoms with E-state index in [1.165, 1.54) is 66.9 Å². The maximum absolute atomic E-state index is 8.33. The summed E-state index contributed by atoms with van der Waals surface area (Å²) in [4.78, 5) is 9.27. The topological polar surface area (TPSA) is 28.5 Å². The summed E-state index contributed by atoms with van der Waals surface area (Å²) in [6, 6.07) is 48.2. The highest BCUT2D eigenvalue weighted by atomic mass is 15.2. The van der Waals surface area contributed by atoms with Crippen molar-refractivity contribution in [1.29, 1.82) is 0 Å². The van der Waals surface area contributed by atoms with E-state index in [2.05, 4.69) is 256 Å². The van der Waals surface area contributed by atoms with Crippen molar-refractivity contribution in [2.24, 2.45) is 28.2 Å². The van der Waals surface area contributed by atoms with E-state index in [4.69, 9.17) is 9.60 Å². The predicted molar refractivity (Wildman–Crippen MR) is 359 cm³/mol. The number of nitrogens with zero attached hydrogens (tertiary/aromatic N) is 8. The zero-order valence-corrected chi connectivity index (χ0v) is 51.8. The Bertz CT molecular complexity index is 4130. The molecule has 0 saturated carbocycles. The van der Waals surface area contributed by atoms with Gasteiger partial charge in [-0.15, -0.1) is 0 Å². The van der Waals surface area contributed by atoms with Crippen LogP contribution in [0.15, 0.2) is 187 Å². The zero-order valence-electron chi connectivity index (χ0n) is 58.8. The first-order valence-electron chi connectivity index (χ1n) is 32.6.